The van der Waals surface area contributed by atoms with Crippen molar-refractivity contribution in [3.8, 4) is 11.5 Å². The molecule has 7 nitrogen and oxygen atoms in total. The molecule has 0 heterocycles. The minimum absolute atomic E-state index is 0.141. The van der Waals surface area contributed by atoms with E-state index in [1.165, 1.54) is 0 Å². The van der Waals surface area contributed by atoms with Gasteiger partial charge < -0.3 is 24.8 Å². The molecule has 0 unspecified atom stereocenters. The monoisotopic (exact) mass is 310 g/mol. The largest absolute Gasteiger partial charge is 0.493 e. The quantitative estimate of drug-likeness (QED) is 0.703. The zero-order valence-corrected chi connectivity index (χ0v) is 13.1. The Labute approximate surface area is 129 Å². The third-order valence-corrected chi connectivity index (χ3v) is 2.80. The summed E-state index contributed by atoms with van der Waals surface area (Å²) in [7, 11) is 3.10. The lowest BCUT2D eigenvalue weighted by molar-refractivity contribution is -0.120. The standard InChI is InChI=1S/C15H22N2O5/c1-4-22-15(19)17-8-7-16-14(18)10-11-5-6-12(20-2)13(9-11)21-3/h5-6,9H,4,7-8,10H2,1-3H3,(H,16,18)(H,17,19). The highest BCUT2D eigenvalue weighted by molar-refractivity contribution is 5.78. The third-order valence-electron chi connectivity index (χ3n) is 2.80. The summed E-state index contributed by atoms with van der Waals surface area (Å²) >= 11 is 0. The number of amides is 2. The van der Waals surface area contributed by atoms with Crippen molar-refractivity contribution in [2.75, 3.05) is 33.9 Å². The van der Waals surface area contributed by atoms with Crippen molar-refractivity contribution in [3.63, 3.8) is 0 Å². The molecule has 0 aliphatic rings. The molecule has 1 aromatic carbocycles. The van der Waals surface area contributed by atoms with E-state index >= 15 is 0 Å². The molecule has 0 saturated carbocycles. The molecule has 0 bridgehead atoms. The Morgan fingerprint density at radius 3 is 2.36 bits per heavy atom. The van der Waals surface area contributed by atoms with Gasteiger partial charge in [-0.3, -0.25) is 4.79 Å². The number of carbonyl (C=O) groups excluding carboxylic acids is 2. The Hall–Kier alpha value is -2.44. The van der Waals surface area contributed by atoms with Crippen molar-refractivity contribution in [2.24, 2.45) is 0 Å². The van der Waals surface area contributed by atoms with Gasteiger partial charge in [-0.1, -0.05) is 6.07 Å². The van der Waals surface area contributed by atoms with Gasteiger partial charge >= 0.3 is 6.09 Å². The summed E-state index contributed by atoms with van der Waals surface area (Å²) in [6, 6.07) is 5.32. The van der Waals surface area contributed by atoms with E-state index in [0.29, 0.717) is 31.2 Å². The third kappa shape index (κ3) is 5.90. The van der Waals surface area contributed by atoms with Crippen LogP contribution in [0.5, 0.6) is 11.5 Å². The first-order valence-corrected chi connectivity index (χ1v) is 6.99. The summed E-state index contributed by atoms with van der Waals surface area (Å²) in [6.45, 7) is 2.70. The van der Waals surface area contributed by atoms with Crippen LogP contribution in [-0.2, 0) is 16.0 Å². The van der Waals surface area contributed by atoms with Gasteiger partial charge in [-0.2, -0.15) is 0 Å². The average Bonchev–Trinajstić information content (AvgIpc) is 2.51. The van der Waals surface area contributed by atoms with Gasteiger partial charge in [0.1, 0.15) is 0 Å². The lowest BCUT2D eigenvalue weighted by Crippen LogP contribution is -2.35. The zero-order valence-electron chi connectivity index (χ0n) is 13.1. The fraction of sp³-hybridized carbons (Fsp3) is 0.467. The number of rotatable bonds is 8. The van der Waals surface area contributed by atoms with Crippen LogP contribution in [0.4, 0.5) is 4.79 Å². The van der Waals surface area contributed by atoms with Crippen LogP contribution in [0.3, 0.4) is 0 Å². The molecule has 0 spiro atoms. The van der Waals surface area contributed by atoms with Crippen LogP contribution in [-0.4, -0.2) is 45.9 Å². The van der Waals surface area contributed by atoms with Crippen molar-refractivity contribution in [2.45, 2.75) is 13.3 Å². The average molecular weight is 310 g/mol. The smallest absolute Gasteiger partial charge is 0.407 e. The molecular formula is C15H22N2O5. The van der Waals surface area contributed by atoms with Gasteiger partial charge in [0.25, 0.3) is 0 Å². The second-order valence-electron chi connectivity index (χ2n) is 4.36. The molecule has 0 atom stereocenters. The highest BCUT2D eigenvalue weighted by Crippen LogP contribution is 2.27. The maximum Gasteiger partial charge on any atom is 0.407 e. The fourth-order valence-corrected chi connectivity index (χ4v) is 1.79. The van der Waals surface area contributed by atoms with Gasteiger partial charge in [-0.25, -0.2) is 4.79 Å². The molecule has 0 radical (unpaired) electrons. The summed E-state index contributed by atoms with van der Waals surface area (Å²) in [5.41, 5.74) is 0.813. The summed E-state index contributed by atoms with van der Waals surface area (Å²) in [5.74, 6) is 1.06. The van der Waals surface area contributed by atoms with E-state index in [-0.39, 0.29) is 12.3 Å². The molecule has 0 saturated heterocycles. The normalized spacial score (nSPS) is 9.77. The van der Waals surface area contributed by atoms with Gasteiger partial charge in [0, 0.05) is 13.1 Å². The van der Waals surface area contributed by atoms with E-state index in [1.807, 2.05) is 0 Å². The first-order valence-electron chi connectivity index (χ1n) is 6.99. The van der Waals surface area contributed by atoms with E-state index in [1.54, 1.807) is 39.3 Å². The molecule has 2 amide bonds. The number of hydrogen-bond donors (Lipinski definition) is 2. The molecule has 22 heavy (non-hydrogen) atoms. The van der Waals surface area contributed by atoms with E-state index in [9.17, 15) is 9.59 Å². The molecule has 2 N–H and O–H groups in total. The Balaban J connectivity index is 2.37. The maximum atomic E-state index is 11.8. The molecule has 1 aromatic rings. The Kier molecular flexibility index (Phi) is 7.60. The molecule has 0 aliphatic heterocycles. The van der Waals surface area contributed by atoms with Crippen LogP contribution in [0.1, 0.15) is 12.5 Å². The molecule has 0 fully saturated rings. The molecule has 0 aliphatic carbocycles. The van der Waals surface area contributed by atoms with Gasteiger partial charge in [0.2, 0.25) is 5.91 Å². The SMILES string of the molecule is CCOC(=O)NCCNC(=O)Cc1ccc(OC)c(OC)c1. The molecule has 0 aromatic heterocycles. The van der Waals surface area contributed by atoms with Crippen molar-refractivity contribution in [1.29, 1.82) is 0 Å². The predicted octanol–water partition coefficient (Wildman–Crippen LogP) is 1.11. The maximum absolute atomic E-state index is 11.8. The highest BCUT2D eigenvalue weighted by Gasteiger charge is 2.08. The number of ether oxygens (including phenoxy) is 3. The second kappa shape index (κ2) is 9.49. The number of nitrogens with one attached hydrogen (secondary N) is 2. The van der Waals surface area contributed by atoms with Gasteiger partial charge in [-0.05, 0) is 24.6 Å². The minimum atomic E-state index is -0.489. The molecular weight excluding hydrogens is 288 g/mol. The number of methoxy groups -OCH3 is 2. The molecule has 7 heteroatoms. The highest BCUT2D eigenvalue weighted by atomic mass is 16.5. The van der Waals surface area contributed by atoms with Crippen LogP contribution in [0.15, 0.2) is 18.2 Å². The number of hydrogen-bond acceptors (Lipinski definition) is 5. The second-order valence-corrected chi connectivity index (χ2v) is 4.36. The lowest BCUT2D eigenvalue weighted by atomic mass is 10.1. The number of benzene rings is 1. The van der Waals surface area contributed by atoms with E-state index < -0.39 is 6.09 Å². The van der Waals surface area contributed by atoms with Crippen LogP contribution >= 0.6 is 0 Å². The van der Waals surface area contributed by atoms with Gasteiger partial charge in [0.15, 0.2) is 11.5 Å². The van der Waals surface area contributed by atoms with Crippen LogP contribution in [0, 0.1) is 0 Å². The topological polar surface area (TPSA) is 85.9 Å². The molecule has 122 valence electrons. The van der Waals surface area contributed by atoms with Crippen LogP contribution in [0.25, 0.3) is 0 Å². The zero-order chi connectivity index (χ0) is 16.4. The summed E-state index contributed by atoms with van der Waals surface area (Å²) in [5, 5.41) is 5.24. The summed E-state index contributed by atoms with van der Waals surface area (Å²) in [6.07, 6.45) is -0.267. The first-order chi connectivity index (χ1) is 10.6. The van der Waals surface area contributed by atoms with Gasteiger partial charge in [-0.15, -0.1) is 0 Å². The molecule has 1 rings (SSSR count). The van der Waals surface area contributed by atoms with Crippen LogP contribution < -0.4 is 20.1 Å². The first kappa shape index (κ1) is 17.6. The Morgan fingerprint density at radius 2 is 1.73 bits per heavy atom. The number of carbonyl (C=O) groups is 2. The van der Waals surface area contributed by atoms with E-state index in [2.05, 4.69) is 10.6 Å². The summed E-state index contributed by atoms with van der Waals surface area (Å²) < 4.78 is 15.0. The Morgan fingerprint density at radius 1 is 1.05 bits per heavy atom. The van der Waals surface area contributed by atoms with E-state index in [4.69, 9.17) is 14.2 Å². The van der Waals surface area contributed by atoms with Crippen molar-refractivity contribution >= 4 is 12.0 Å². The van der Waals surface area contributed by atoms with Crippen LogP contribution in [0.2, 0.25) is 0 Å². The van der Waals surface area contributed by atoms with Gasteiger partial charge in [0.05, 0.1) is 27.2 Å². The van der Waals surface area contributed by atoms with Crippen molar-refractivity contribution in [1.82, 2.24) is 10.6 Å². The predicted molar refractivity (Wildman–Crippen MR) is 81.3 cm³/mol. The lowest BCUT2D eigenvalue weighted by Gasteiger charge is -2.10. The number of alkyl carbamates (subject to hydrolysis) is 1. The fourth-order valence-electron chi connectivity index (χ4n) is 1.79. The van der Waals surface area contributed by atoms with E-state index in [0.717, 1.165) is 5.56 Å². The Bertz CT molecular complexity index is 505. The minimum Gasteiger partial charge on any atom is -0.493 e. The van der Waals surface area contributed by atoms with Crippen molar-refractivity contribution in [3.05, 3.63) is 23.8 Å². The summed E-state index contributed by atoms with van der Waals surface area (Å²) in [4.78, 5) is 22.8. The van der Waals surface area contributed by atoms with Crippen molar-refractivity contribution < 1.29 is 23.8 Å².